The predicted octanol–water partition coefficient (Wildman–Crippen LogP) is 2.46. The molecule has 0 spiro atoms. The van der Waals surface area contributed by atoms with Gasteiger partial charge >= 0.3 is 5.97 Å². The lowest BCUT2D eigenvalue weighted by molar-refractivity contribution is -0.143. The zero-order valence-electron chi connectivity index (χ0n) is 12.7. The highest BCUT2D eigenvalue weighted by Gasteiger charge is 2.26. The van der Waals surface area contributed by atoms with Crippen molar-refractivity contribution < 1.29 is 19.4 Å². The minimum atomic E-state index is -1.02. The molecule has 2 atom stereocenters. The Morgan fingerprint density at radius 3 is 2.33 bits per heavy atom. The quantitative estimate of drug-likeness (QED) is 0.772. The first-order chi connectivity index (χ1) is 9.93. The van der Waals surface area contributed by atoms with Crippen LogP contribution < -0.4 is 10.1 Å². The summed E-state index contributed by atoms with van der Waals surface area (Å²) in [5, 5.41) is 11.7. The largest absolute Gasteiger partial charge is 0.481 e. The summed E-state index contributed by atoms with van der Waals surface area (Å²) in [6, 6.07) is 8.14. The first kappa shape index (κ1) is 17.0. The van der Waals surface area contributed by atoms with E-state index in [4.69, 9.17) is 9.84 Å². The fraction of sp³-hybridized carbons (Fsp3) is 0.500. The normalized spacial score (nSPS) is 13.5. The minimum Gasteiger partial charge on any atom is -0.481 e. The standard InChI is InChI=1S/C16H23NO4/c1-4-14(21-12-8-6-5-7-9-12)15(18)17-13(16(19)20)10-11(2)3/h5-9,11,13-14H,4,10H2,1-3H3,(H,17,18)(H,19,20)/t13-,14?/m1/s1. The highest BCUT2D eigenvalue weighted by molar-refractivity contribution is 5.86. The van der Waals surface area contributed by atoms with Gasteiger partial charge in [-0.25, -0.2) is 4.79 Å². The Balaban J connectivity index is 2.67. The van der Waals surface area contributed by atoms with E-state index in [1.54, 1.807) is 12.1 Å². The van der Waals surface area contributed by atoms with Crippen molar-refractivity contribution in [2.45, 2.75) is 45.8 Å². The van der Waals surface area contributed by atoms with Gasteiger partial charge in [-0.2, -0.15) is 0 Å². The molecule has 5 heteroatoms. The van der Waals surface area contributed by atoms with E-state index in [1.807, 2.05) is 39.0 Å². The molecule has 1 rings (SSSR count). The van der Waals surface area contributed by atoms with Gasteiger partial charge in [0.05, 0.1) is 0 Å². The lowest BCUT2D eigenvalue weighted by Gasteiger charge is -2.21. The number of hydrogen-bond acceptors (Lipinski definition) is 3. The van der Waals surface area contributed by atoms with Gasteiger partial charge < -0.3 is 15.2 Å². The average Bonchev–Trinajstić information content (AvgIpc) is 2.44. The second kappa shape index (κ2) is 8.29. The molecule has 0 heterocycles. The van der Waals surface area contributed by atoms with Crippen molar-refractivity contribution in [2.75, 3.05) is 0 Å². The summed E-state index contributed by atoms with van der Waals surface area (Å²) in [5.74, 6) is -0.641. The highest BCUT2D eigenvalue weighted by Crippen LogP contribution is 2.13. The number of carbonyl (C=O) groups excluding carboxylic acids is 1. The minimum absolute atomic E-state index is 0.182. The van der Waals surface area contributed by atoms with Crippen molar-refractivity contribution in [3.63, 3.8) is 0 Å². The first-order valence-electron chi connectivity index (χ1n) is 7.18. The van der Waals surface area contributed by atoms with E-state index in [2.05, 4.69) is 5.32 Å². The number of nitrogens with one attached hydrogen (secondary N) is 1. The average molecular weight is 293 g/mol. The van der Waals surface area contributed by atoms with Crippen LogP contribution in [0.3, 0.4) is 0 Å². The molecule has 0 saturated heterocycles. The van der Waals surface area contributed by atoms with Crippen molar-refractivity contribution in [3.05, 3.63) is 30.3 Å². The zero-order valence-corrected chi connectivity index (χ0v) is 12.7. The Labute approximate surface area is 125 Å². The second-order valence-electron chi connectivity index (χ2n) is 5.36. The van der Waals surface area contributed by atoms with E-state index in [-0.39, 0.29) is 5.92 Å². The Kier molecular flexibility index (Phi) is 6.72. The van der Waals surface area contributed by atoms with E-state index in [0.29, 0.717) is 18.6 Å². The molecule has 1 aromatic rings. The Hall–Kier alpha value is -2.04. The number of carboxylic acid groups (broad SMARTS) is 1. The summed E-state index contributed by atoms with van der Waals surface area (Å²) in [5.41, 5.74) is 0. The molecule has 5 nitrogen and oxygen atoms in total. The topological polar surface area (TPSA) is 75.6 Å². The van der Waals surface area contributed by atoms with Crippen LogP contribution in [-0.4, -0.2) is 29.1 Å². The molecular weight excluding hydrogens is 270 g/mol. The van der Waals surface area contributed by atoms with Crippen LogP contribution in [0.4, 0.5) is 0 Å². The van der Waals surface area contributed by atoms with Gasteiger partial charge in [0.1, 0.15) is 11.8 Å². The molecule has 116 valence electrons. The third-order valence-electron chi connectivity index (χ3n) is 3.01. The van der Waals surface area contributed by atoms with E-state index in [0.717, 1.165) is 0 Å². The van der Waals surface area contributed by atoms with Gasteiger partial charge in [0, 0.05) is 0 Å². The predicted molar refractivity (Wildman–Crippen MR) is 80.2 cm³/mol. The molecule has 2 N–H and O–H groups in total. The number of para-hydroxylation sites is 1. The van der Waals surface area contributed by atoms with Gasteiger partial charge in [0.2, 0.25) is 0 Å². The molecule has 0 aliphatic carbocycles. The monoisotopic (exact) mass is 293 g/mol. The van der Waals surface area contributed by atoms with Crippen LogP contribution in [0.1, 0.15) is 33.6 Å². The smallest absolute Gasteiger partial charge is 0.326 e. The molecule has 0 aliphatic rings. The van der Waals surface area contributed by atoms with Crippen LogP contribution >= 0.6 is 0 Å². The van der Waals surface area contributed by atoms with E-state index >= 15 is 0 Å². The lowest BCUT2D eigenvalue weighted by Crippen LogP contribution is -2.47. The number of aliphatic carboxylic acids is 1. The number of amides is 1. The zero-order chi connectivity index (χ0) is 15.8. The maximum atomic E-state index is 12.2. The van der Waals surface area contributed by atoms with Gasteiger partial charge in [-0.3, -0.25) is 4.79 Å². The third kappa shape index (κ3) is 5.85. The SMILES string of the molecule is CCC(Oc1ccccc1)C(=O)N[C@H](CC(C)C)C(=O)O. The molecule has 0 aliphatic heterocycles. The molecule has 0 saturated carbocycles. The first-order valence-corrected chi connectivity index (χ1v) is 7.18. The summed E-state index contributed by atoms with van der Waals surface area (Å²) >= 11 is 0. The van der Waals surface area contributed by atoms with Crippen molar-refractivity contribution in [2.24, 2.45) is 5.92 Å². The lowest BCUT2D eigenvalue weighted by atomic mass is 10.0. The molecule has 0 bridgehead atoms. The molecule has 1 amide bonds. The van der Waals surface area contributed by atoms with E-state index in [1.165, 1.54) is 0 Å². The second-order valence-corrected chi connectivity index (χ2v) is 5.36. The number of benzene rings is 1. The van der Waals surface area contributed by atoms with Crippen molar-refractivity contribution in [1.29, 1.82) is 0 Å². The van der Waals surface area contributed by atoms with Gasteiger partial charge in [-0.15, -0.1) is 0 Å². The van der Waals surface area contributed by atoms with Gasteiger partial charge in [0.25, 0.3) is 5.91 Å². The summed E-state index contributed by atoms with van der Waals surface area (Å²) < 4.78 is 5.61. The van der Waals surface area contributed by atoms with Crippen molar-refractivity contribution in [1.82, 2.24) is 5.32 Å². The molecular formula is C16H23NO4. The summed E-state index contributed by atoms with van der Waals surface area (Å²) in [4.78, 5) is 23.4. The van der Waals surface area contributed by atoms with E-state index in [9.17, 15) is 9.59 Å². The molecule has 0 radical (unpaired) electrons. The molecule has 1 unspecified atom stereocenters. The van der Waals surface area contributed by atoms with Crippen LogP contribution in [0, 0.1) is 5.92 Å². The van der Waals surface area contributed by atoms with Crippen molar-refractivity contribution in [3.8, 4) is 5.75 Å². The highest BCUT2D eigenvalue weighted by atomic mass is 16.5. The fourth-order valence-electron chi connectivity index (χ4n) is 1.94. The fourth-order valence-corrected chi connectivity index (χ4v) is 1.94. The maximum absolute atomic E-state index is 12.2. The van der Waals surface area contributed by atoms with Crippen LogP contribution in [0.2, 0.25) is 0 Å². The number of carbonyl (C=O) groups is 2. The number of ether oxygens (including phenoxy) is 1. The third-order valence-corrected chi connectivity index (χ3v) is 3.01. The summed E-state index contributed by atoms with van der Waals surface area (Å²) in [7, 11) is 0. The summed E-state index contributed by atoms with van der Waals surface area (Å²) in [6.07, 6.45) is 0.166. The Bertz CT molecular complexity index is 459. The Morgan fingerprint density at radius 1 is 1.24 bits per heavy atom. The maximum Gasteiger partial charge on any atom is 0.326 e. The van der Waals surface area contributed by atoms with Crippen LogP contribution in [0.15, 0.2) is 30.3 Å². The molecule has 0 fully saturated rings. The number of hydrogen-bond donors (Lipinski definition) is 2. The van der Waals surface area contributed by atoms with Gasteiger partial charge in [0.15, 0.2) is 6.10 Å². The summed E-state index contributed by atoms with van der Waals surface area (Å²) in [6.45, 7) is 5.66. The van der Waals surface area contributed by atoms with Crippen LogP contribution in [-0.2, 0) is 9.59 Å². The van der Waals surface area contributed by atoms with Crippen LogP contribution in [0.5, 0.6) is 5.75 Å². The van der Waals surface area contributed by atoms with E-state index < -0.39 is 24.0 Å². The van der Waals surface area contributed by atoms with Crippen LogP contribution in [0.25, 0.3) is 0 Å². The van der Waals surface area contributed by atoms with Gasteiger partial charge in [-0.05, 0) is 30.9 Å². The Morgan fingerprint density at radius 2 is 1.86 bits per heavy atom. The molecule has 21 heavy (non-hydrogen) atoms. The molecule has 1 aromatic carbocycles. The van der Waals surface area contributed by atoms with Crippen molar-refractivity contribution >= 4 is 11.9 Å². The number of carboxylic acids is 1. The number of rotatable bonds is 8. The molecule has 0 aromatic heterocycles. The van der Waals surface area contributed by atoms with Gasteiger partial charge in [-0.1, -0.05) is 39.0 Å².